The summed E-state index contributed by atoms with van der Waals surface area (Å²) in [5.74, 6) is 0.251. The van der Waals surface area contributed by atoms with Crippen molar-refractivity contribution in [3.8, 4) is 0 Å². The van der Waals surface area contributed by atoms with E-state index in [2.05, 4.69) is 29.5 Å². The summed E-state index contributed by atoms with van der Waals surface area (Å²) in [6.07, 6.45) is -26.1. The lowest BCUT2D eigenvalue weighted by Gasteiger charge is -2.50. The Labute approximate surface area is 706 Å². The molecule has 7 N–H and O–H groups in total. The predicted molar refractivity (Wildman–Crippen MR) is 423 cm³/mol. The Morgan fingerprint density at radius 2 is 0.623 bits per heavy atom. The van der Waals surface area contributed by atoms with E-state index in [-0.39, 0.29) is 108 Å². The van der Waals surface area contributed by atoms with Gasteiger partial charge in [0.2, 0.25) is 11.8 Å². The van der Waals surface area contributed by atoms with Gasteiger partial charge in [-0.05, 0) is 205 Å². The van der Waals surface area contributed by atoms with E-state index in [0.29, 0.717) is 132 Å². The largest absolute Gasteiger partial charge is 0.416 e. The minimum absolute atomic E-state index is 0. The second kappa shape index (κ2) is 42.6. The second-order valence-corrected chi connectivity index (χ2v) is 31.8. The first-order chi connectivity index (χ1) is 56.5. The molecule has 2 aliphatic heterocycles. The maximum absolute atomic E-state index is 13.4. The summed E-state index contributed by atoms with van der Waals surface area (Å²) in [6.45, 7) is 9.94. The highest BCUT2D eigenvalue weighted by atomic mass is 35.5. The number of benzene rings is 6. The van der Waals surface area contributed by atoms with Gasteiger partial charge in [-0.1, -0.05) is 112 Å². The normalized spacial score (nSPS) is 23.4. The number of nitrogens with zero attached hydrogens (tertiary/aromatic N) is 2. The molecule has 6 aromatic rings. The zero-order valence-electron chi connectivity index (χ0n) is 66.4. The van der Waals surface area contributed by atoms with Gasteiger partial charge in [0.15, 0.2) is 0 Å². The molecule has 2 heterocycles. The van der Waals surface area contributed by atoms with Crippen LogP contribution in [-0.4, -0.2) is 130 Å². The van der Waals surface area contributed by atoms with Crippen molar-refractivity contribution in [1.82, 2.24) is 20.4 Å². The van der Waals surface area contributed by atoms with E-state index in [9.17, 15) is 114 Å². The van der Waals surface area contributed by atoms with Gasteiger partial charge < -0.3 is 45.1 Å². The summed E-state index contributed by atoms with van der Waals surface area (Å²) in [6, 6.07) is 31.3. The molecule has 35 heteroatoms. The lowest BCUT2D eigenvalue weighted by Crippen LogP contribution is -2.55. The SMILES string of the molecule is C.C=C=C.C[C@@H](OCC1(c2ccccc2)CCC(CCO)(N2CC(=O)NC2=O)CC1)c1cc(C(F)(F)F)cc(C(F)(F)F)c1.C[C@@H](OCC1(c2ccccc2)CCC(CCO)(N2CC(=O)NC2=O)CC1)c1cc(C(F)(F)F)cc(C(F)(F)F)c1.C[C@@H](OCC1(c2ccccc2)CCC(N)(CCO)CC1)c1cc(C(F)(F)F)cc(C(F)(F)F)c1.ClCCCl. The maximum atomic E-state index is 13.4. The van der Waals surface area contributed by atoms with Crippen LogP contribution in [0.1, 0.15) is 210 Å². The molecule has 0 spiro atoms. The van der Waals surface area contributed by atoms with Crippen LogP contribution < -0.4 is 16.4 Å². The van der Waals surface area contributed by atoms with Gasteiger partial charge in [-0.2, -0.15) is 79.0 Å². The van der Waals surface area contributed by atoms with Gasteiger partial charge in [-0.3, -0.25) is 20.2 Å². The van der Waals surface area contributed by atoms with Crippen molar-refractivity contribution in [2.24, 2.45) is 5.73 Å². The number of carbonyl (C=O) groups excluding carboxylic acids is 4. The number of carbonyl (C=O) groups is 4. The van der Waals surface area contributed by atoms with E-state index < -0.39 is 145 Å². The summed E-state index contributed by atoms with van der Waals surface area (Å²) in [4.78, 5) is 51.7. The molecule has 11 rings (SSSR count). The number of aliphatic hydroxyl groups is 3. The molecule has 3 atom stereocenters. The third kappa shape index (κ3) is 26.7. The Hall–Kier alpha value is -8.24. The van der Waals surface area contributed by atoms with Gasteiger partial charge in [0.1, 0.15) is 13.1 Å². The number of aliphatic hydroxyl groups excluding tert-OH is 3. The number of halogens is 20. The molecule has 0 bridgehead atoms. The summed E-state index contributed by atoms with van der Waals surface area (Å²) < 4.78 is 258. The molecule has 5 fully saturated rings. The smallest absolute Gasteiger partial charge is 0.396 e. The minimum Gasteiger partial charge on any atom is -0.396 e. The molecule has 6 aromatic carbocycles. The van der Waals surface area contributed by atoms with Crippen LogP contribution in [0.25, 0.3) is 0 Å². The average Bonchev–Trinajstić information content (AvgIpc) is 1.38. The van der Waals surface area contributed by atoms with E-state index in [0.717, 1.165) is 16.7 Å². The monoisotopic (exact) mass is 1790 g/mol. The fourth-order valence-electron chi connectivity index (χ4n) is 16.2. The highest BCUT2D eigenvalue weighted by Gasteiger charge is 2.54. The number of hydrogen-bond donors (Lipinski definition) is 6. The molecule has 0 unspecified atom stereocenters. The number of nitrogens with one attached hydrogen (secondary N) is 2. The van der Waals surface area contributed by atoms with Crippen LogP contribution in [0.3, 0.4) is 0 Å². The number of rotatable bonds is 24. The molecule has 6 amide bonds. The number of ether oxygens (including phenoxy) is 3. The molecular weight excluding hydrogens is 1690 g/mol. The van der Waals surface area contributed by atoms with Crippen molar-refractivity contribution in [3.63, 3.8) is 0 Å². The Bertz CT molecular complexity index is 4120. The van der Waals surface area contributed by atoms with Crippen molar-refractivity contribution in [1.29, 1.82) is 0 Å². The van der Waals surface area contributed by atoms with Crippen LogP contribution in [0.15, 0.2) is 164 Å². The summed E-state index contributed by atoms with van der Waals surface area (Å²) in [5.41, 5.74) is -1.51. The van der Waals surface area contributed by atoms with Crippen LogP contribution >= 0.6 is 23.2 Å². The third-order valence-corrected chi connectivity index (χ3v) is 23.8. The van der Waals surface area contributed by atoms with Gasteiger partial charge in [0, 0.05) is 64.4 Å². The minimum atomic E-state index is -4.97. The van der Waals surface area contributed by atoms with Crippen molar-refractivity contribution in [2.45, 2.75) is 213 Å². The molecule has 5 aliphatic rings. The first kappa shape index (κ1) is 103. The number of amides is 6. The number of nitrogens with two attached hydrogens (primary N) is 1. The third-order valence-electron chi connectivity index (χ3n) is 23.3. The van der Waals surface area contributed by atoms with Crippen LogP contribution in [0.4, 0.5) is 88.6 Å². The number of imide groups is 2. The van der Waals surface area contributed by atoms with E-state index in [1.165, 1.54) is 30.6 Å². The number of hydrogen-bond acceptors (Lipinski definition) is 11. The van der Waals surface area contributed by atoms with Crippen LogP contribution in [-0.2, 0) is 77.1 Å². The van der Waals surface area contributed by atoms with Crippen LogP contribution in [0.2, 0.25) is 0 Å². The Kier molecular flexibility index (Phi) is 35.8. The molecule has 3 aliphatic carbocycles. The predicted octanol–water partition coefficient (Wildman–Crippen LogP) is 21.4. The van der Waals surface area contributed by atoms with Crippen molar-refractivity contribution >= 4 is 47.1 Å². The molecule has 0 radical (unpaired) electrons. The van der Waals surface area contributed by atoms with Crippen molar-refractivity contribution < 1.29 is 128 Å². The number of alkyl halides is 20. The van der Waals surface area contributed by atoms with Gasteiger partial charge in [0.05, 0.1) is 71.5 Å². The van der Waals surface area contributed by atoms with Gasteiger partial charge >= 0.3 is 49.1 Å². The topological polar surface area (TPSA) is 213 Å². The van der Waals surface area contributed by atoms with E-state index in [4.69, 9.17) is 43.1 Å². The highest BCUT2D eigenvalue weighted by Crippen LogP contribution is 2.52. The second-order valence-electron chi connectivity index (χ2n) is 31.1. The molecule has 674 valence electrons. The zero-order valence-corrected chi connectivity index (χ0v) is 67.9. The summed E-state index contributed by atoms with van der Waals surface area (Å²) >= 11 is 10.1. The van der Waals surface area contributed by atoms with E-state index in [1.54, 1.807) is 0 Å². The fourth-order valence-corrected chi connectivity index (χ4v) is 16.2. The average molecular weight is 1790 g/mol. The van der Waals surface area contributed by atoms with Crippen molar-refractivity contribution in [3.05, 3.63) is 231 Å². The highest BCUT2D eigenvalue weighted by molar-refractivity contribution is 6.26. The lowest BCUT2D eigenvalue weighted by molar-refractivity contribution is -0.145. The van der Waals surface area contributed by atoms with Gasteiger partial charge in [-0.25, -0.2) is 9.59 Å². The first-order valence-corrected chi connectivity index (χ1v) is 39.7. The molecule has 2 saturated heterocycles. The molecule has 3 saturated carbocycles. The first-order valence-electron chi connectivity index (χ1n) is 38.6. The number of urea groups is 2. The quantitative estimate of drug-likeness (QED) is 0.0145. The summed E-state index contributed by atoms with van der Waals surface area (Å²) in [7, 11) is 0. The Morgan fingerprint density at radius 1 is 0.402 bits per heavy atom. The molecule has 0 aromatic heterocycles. The Balaban J connectivity index is 0.000000272. The zero-order chi connectivity index (χ0) is 90.0. The Morgan fingerprint density at radius 3 is 0.811 bits per heavy atom. The standard InChI is InChI=1S/2C28H30F6N2O4.C25H29F6NO2.C3H4.C2H4Cl2.CH4/c2*1-18(19-13-21(27(29,30)31)15-22(14-19)28(32,33)34)40-17-25(20-5-3-2-4-6-20)7-9-26(10-8-25,11-12-37)36-16-23(38)35-24(36)39;1-17(18-13-20(24(26,27)28)15-21(14-18)25(29,30)31)34-16-22(19-5-3-2-4-6-19)7-9-23(32,10-8-22)11-12-33;1-3-2;3-1-2-4;/h2*2-6,13-15,18,37H,7-12,16-17H2,1H3,(H,35,38,39);2-6,13-15,17,33H,7-12,16,32H2,1H3;1-2H2;1-2H2;1H4/t2*18-,25?,26?;17-,22?,23?;;;/m111.../s1. The summed E-state index contributed by atoms with van der Waals surface area (Å²) in [5, 5.41) is 33.4. The maximum Gasteiger partial charge on any atom is 0.416 e. The van der Waals surface area contributed by atoms with Gasteiger partial charge in [-0.15, -0.1) is 28.9 Å². The van der Waals surface area contributed by atoms with Crippen molar-refractivity contribution in [2.75, 3.05) is 64.5 Å². The fraction of sp³-hybridized carbons (Fsp3) is 0.506. The van der Waals surface area contributed by atoms with Crippen LogP contribution in [0.5, 0.6) is 0 Å². The van der Waals surface area contributed by atoms with Crippen LogP contribution in [0, 0.1) is 0 Å². The van der Waals surface area contributed by atoms with E-state index >= 15 is 0 Å². The molecular formula is C87H101Cl2F18N5O10. The molecule has 15 nitrogen and oxygen atoms in total. The molecule has 122 heavy (non-hydrogen) atoms. The lowest BCUT2D eigenvalue weighted by atomic mass is 9.63. The van der Waals surface area contributed by atoms with Gasteiger partial charge in [0.25, 0.3) is 0 Å². The van der Waals surface area contributed by atoms with E-state index in [1.807, 2.05) is 91.0 Å².